The minimum atomic E-state index is -4.43. The molecule has 1 atom stereocenters. The number of nitrogens with one attached hydrogen (secondary N) is 1. The van der Waals surface area contributed by atoms with Gasteiger partial charge in [0.25, 0.3) is 0 Å². The number of likely N-dealkylation sites (tertiary alicyclic amines) is 1. The van der Waals surface area contributed by atoms with Crippen LogP contribution in [0.4, 0.5) is 24.8 Å². The Morgan fingerprint density at radius 1 is 1.00 bits per heavy atom. The number of pyridine rings is 1. The Hall–Kier alpha value is -2.62. The van der Waals surface area contributed by atoms with Gasteiger partial charge >= 0.3 is 6.18 Å². The molecule has 0 radical (unpaired) electrons. The number of carbonyl (C=O) groups excluding carboxylic acids is 1. The van der Waals surface area contributed by atoms with Crippen molar-refractivity contribution in [3.8, 4) is 0 Å². The van der Waals surface area contributed by atoms with Crippen molar-refractivity contribution in [3.63, 3.8) is 0 Å². The molecular formula is C19H20ClF3N6O. The van der Waals surface area contributed by atoms with Crippen molar-refractivity contribution >= 4 is 29.1 Å². The molecule has 2 fully saturated rings. The monoisotopic (exact) mass is 440 g/mol. The standard InChI is InChI=1S/C19H20ClF3N6O/c20-15-10-26-17(11-24-15)28-6-3-13(4-7-28)29-8-5-14(18(29)30)27-16-2-1-12(9-25-16)19(21,22)23/h1-2,9-11,13-14H,3-8H2,(H,25,27). The number of carbonyl (C=O) groups is 1. The number of aromatic nitrogens is 3. The second kappa shape index (κ2) is 8.25. The van der Waals surface area contributed by atoms with Crippen molar-refractivity contribution in [1.82, 2.24) is 19.9 Å². The fourth-order valence-corrected chi connectivity index (χ4v) is 4.00. The number of hydrogen-bond acceptors (Lipinski definition) is 6. The number of hydrogen-bond donors (Lipinski definition) is 1. The topological polar surface area (TPSA) is 74.2 Å². The molecule has 4 rings (SSSR count). The van der Waals surface area contributed by atoms with Gasteiger partial charge in [0.1, 0.15) is 22.8 Å². The highest BCUT2D eigenvalue weighted by Crippen LogP contribution is 2.30. The molecule has 0 bridgehead atoms. The molecule has 1 N–H and O–H groups in total. The molecule has 0 saturated carbocycles. The summed E-state index contributed by atoms with van der Waals surface area (Å²) in [6.07, 6.45) is 1.69. The van der Waals surface area contributed by atoms with Crippen molar-refractivity contribution in [2.24, 2.45) is 0 Å². The molecule has 160 valence electrons. The predicted octanol–water partition coefficient (Wildman–Crippen LogP) is 3.23. The van der Waals surface area contributed by atoms with Gasteiger partial charge in [0.05, 0.1) is 18.0 Å². The molecular weight excluding hydrogens is 421 g/mol. The summed E-state index contributed by atoms with van der Waals surface area (Å²) in [4.78, 5) is 28.9. The number of rotatable bonds is 4. The number of piperidine rings is 1. The summed E-state index contributed by atoms with van der Waals surface area (Å²) >= 11 is 5.78. The van der Waals surface area contributed by atoms with Gasteiger partial charge in [-0.25, -0.2) is 15.0 Å². The summed E-state index contributed by atoms with van der Waals surface area (Å²) in [5, 5.41) is 3.31. The Morgan fingerprint density at radius 2 is 1.77 bits per heavy atom. The zero-order valence-corrected chi connectivity index (χ0v) is 16.7. The molecule has 7 nitrogen and oxygen atoms in total. The van der Waals surface area contributed by atoms with E-state index in [4.69, 9.17) is 11.6 Å². The van der Waals surface area contributed by atoms with E-state index in [-0.39, 0.29) is 17.8 Å². The maximum Gasteiger partial charge on any atom is 0.417 e. The summed E-state index contributed by atoms with van der Waals surface area (Å²) in [6, 6.07) is 1.86. The van der Waals surface area contributed by atoms with Gasteiger partial charge in [0.2, 0.25) is 5.91 Å². The molecule has 2 aromatic rings. The maximum atomic E-state index is 12.8. The number of nitrogens with zero attached hydrogens (tertiary/aromatic N) is 5. The molecule has 2 saturated heterocycles. The van der Waals surface area contributed by atoms with E-state index in [9.17, 15) is 18.0 Å². The first-order valence-electron chi connectivity index (χ1n) is 9.64. The van der Waals surface area contributed by atoms with Gasteiger partial charge in [0, 0.05) is 31.9 Å². The average molecular weight is 441 g/mol. The van der Waals surface area contributed by atoms with Crippen molar-refractivity contribution in [3.05, 3.63) is 41.4 Å². The largest absolute Gasteiger partial charge is 0.417 e. The molecule has 1 unspecified atom stereocenters. The van der Waals surface area contributed by atoms with E-state index in [1.165, 1.54) is 12.3 Å². The summed E-state index contributed by atoms with van der Waals surface area (Å²) in [5.74, 6) is 0.985. The van der Waals surface area contributed by atoms with E-state index >= 15 is 0 Å². The van der Waals surface area contributed by atoms with Crippen LogP contribution in [0.1, 0.15) is 24.8 Å². The fourth-order valence-electron chi connectivity index (χ4n) is 3.90. The van der Waals surface area contributed by atoms with Gasteiger partial charge in [-0.2, -0.15) is 13.2 Å². The van der Waals surface area contributed by atoms with Crippen LogP contribution in [-0.2, 0) is 11.0 Å². The lowest BCUT2D eigenvalue weighted by atomic mass is 10.0. The first-order valence-corrected chi connectivity index (χ1v) is 10.0. The SMILES string of the molecule is O=C1C(Nc2ccc(C(F)(F)F)cn2)CCN1C1CCN(c2cnc(Cl)cn2)CC1. The first-order chi connectivity index (χ1) is 14.3. The fraction of sp³-hybridized carbons (Fsp3) is 0.474. The lowest BCUT2D eigenvalue weighted by Gasteiger charge is -2.37. The number of anilines is 2. The zero-order valence-electron chi connectivity index (χ0n) is 15.9. The van der Waals surface area contributed by atoms with Crippen molar-refractivity contribution in [2.75, 3.05) is 29.9 Å². The van der Waals surface area contributed by atoms with Crippen LogP contribution in [-0.4, -0.2) is 57.5 Å². The van der Waals surface area contributed by atoms with E-state index in [1.54, 1.807) is 6.20 Å². The molecule has 1 amide bonds. The van der Waals surface area contributed by atoms with Crippen LogP contribution in [0.3, 0.4) is 0 Å². The maximum absolute atomic E-state index is 12.8. The Morgan fingerprint density at radius 3 is 2.37 bits per heavy atom. The van der Waals surface area contributed by atoms with Crippen molar-refractivity contribution < 1.29 is 18.0 Å². The van der Waals surface area contributed by atoms with Crippen LogP contribution in [0.2, 0.25) is 5.15 Å². The van der Waals surface area contributed by atoms with Gasteiger partial charge in [0.15, 0.2) is 0 Å². The smallest absolute Gasteiger partial charge is 0.358 e. The van der Waals surface area contributed by atoms with E-state index < -0.39 is 17.8 Å². The highest BCUT2D eigenvalue weighted by Gasteiger charge is 2.37. The Bertz CT molecular complexity index is 885. The molecule has 30 heavy (non-hydrogen) atoms. The van der Waals surface area contributed by atoms with Crippen LogP contribution in [0.25, 0.3) is 0 Å². The number of amides is 1. The second-order valence-electron chi connectivity index (χ2n) is 7.36. The molecule has 0 aromatic carbocycles. The van der Waals surface area contributed by atoms with Crippen LogP contribution in [0.15, 0.2) is 30.7 Å². The minimum Gasteiger partial charge on any atom is -0.358 e. The third-order valence-corrected chi connectivity index (χ3v) is 5.68. The van der Waals surface area contributed by atoms with Crippen LogP contribution in [0, 0.1) is 0 Å². The number of alkyl halides is 3. The molecule has 0 aliphatic carbocycles. The summed E-state index contributed by atoms with van der Waals surface area (Å²) < 4.78 is 38.0. The third kappa shape index (κ3) is 4.43. The van der Waals surface area contributed by atoms with E-state index in [2.05, 4.69) is 25.2 Å². The van der Waals surface area contributed by atoms with E-state index in [0.717, 1.165) is 44.0 Å². The molecule has 2 aromatic heterocycles. The van der Waals surface area contributed by atoms with Crippen molar-refractivity contribution in [1.29, 1.82) is 0 Å². The predicted molar refractivity (Wildman–Crippen MR) is 105 cm³/mol. The molecule has 0 spiro atoms. The highest BCUT2D eigenvalue weighted by atomic mass is 35.5. The van der Waals surface area contributed by atoms with Gasteiger partial charge in [-0.15, -0.1) is 0 Å². The Balaban J connectivity index is 1.32. The van der Waals surface area contributed by atoms with Crippen LogP contribution < -0.4 is 10.2 Å². The minimum absolute atomic E-state index is 0.0403. The summed E-state index contributed by atoms with van der Waals surface area (Å²) in [5.41, 5.74) is -0.815. The molecule has 2 aliphatic rings. The normalized spacial score (nSPS) is 20.7. The van der Waals surface area contributed by atoms with Gasteiger partial charge in [-0.1, -0.05) is 11.6 Å². The summed E-state index contributed by atoms with van der Waals surface area (Å²) in [7, 11) is 0. The molecule has 4 heterocycles. The van der Waals surface area contributed by atoms with Crippen LogP contribution in [0.5, 0.6) is 0 Å². The number of halogens is 4. The van der Waals surface area contributed by atoms with Gasteiger partial charge in [-0.05, 0) is 31.4 Å². The quantitative estimate of drug-likeness (QED) is 0.787. The third-order valence-electron chi connectivity index (χ3n) is 5.49. The highest BCUT2D eigenvalue weighted by molar-refractivity contribution is 6.29. The zero-order chi connectivity index (χ0) is 21.3. The lowest BCUT2D eigenvalue weighted by molar-refractivity contribution is -0.137. The van der Waals surface area contributed by atoms with E-state index in [1.807, 2.05) is 4.90 Å². The van der Waals surface area contributed by atoms with Crippen molar-refractivity contribution in [2.45, 2.75) is 37.5 Å². The second-order valence-corrected chi connectivity index (χ2v) is 7.75. The Kier molecular flexibility index (Phi) is 5.68. The lowest BCUT2D eigenvalue weighted by Crippen LogP contribution is -2.47. The molecule has 11 heteroatoms. The molecule has 2 aliphatic heterocycles. The summed E-state index contributed by atoms with van der Waals surface area (Å²) in [6.45, 7) is 2.12. The van der Waals surface area contributed by atoms with Gasteiger partial charge in [-0.3, -0.25) is 4.79 Å². The Labute approximate surface area is 176 Å². The van der Waals surface area contributed by atoms with E-state index in [0.29, 0.717) is 18.1 Å². The average Bonchev–Trinajstić information content (AvgIpc) is 3.09. The first kappa shape index (κ1) is 20.6. The van der Waals surface area contributed by atoms with Gasteiger partial charge < -0.3 is 15.1 Å². The van der Waals surface area contributed by atoms with Crippen LogP contribution >= 0.6 is 11.6 Å².